The van der Waals surface area contributed by atoms with Crippen molar-refractivity contribution in [1.29, 1.82) is 0 Å². The molecule has 0 aliphatic carbocycles. The lowest BCUT2D eigenvalue weighted by atomic mass is 9.98. The van der Waals surface area contributed by atoms with Gasteiger partial charge in [0.15, 0.2) is 0 Å². The fourth-order valence-electron chi connectivity index (χ4n) is 4.10. The van der Waals surface area contributed by atoms with Crippen LogP contribution in [0, 0.1) is 0 Å². The van der Waals surface area contributed by atoms with E-state index in [1.807, 2.05) is 79.1 Å². The molecule has 2 aromatic carbocycles. The van der Waals surface area contributed by atoms with Gasteiger partial charge in [0.05, 0.1) is 12.5 Å². The Kier molecular flexibility index (Phi) is 12.3. The van der Waals surface area contributed by atoms with Crippen LogP contribution in [0.2, 0.25) is 0 Å². The minimum atomic E-state index is -1.02. The number of rotatable bonds is 16. The van der Waals surface area contributed by atoms with Crippen LogP contribution in [0.3, 0.4) is 0 Å². The minimum absolute atomic E-state index is 0.198. The molecule has 0 aliphatic rings. The van der Waals surface area contributed by atoms with Crippen LogP contribution in [0.4, 0.5) is 5.82 Å². The Bertz CT molecular complexity index is 1180. The Morgan fingerprint density at radius 3 is 2.28 bits per heavy atom. The van der Waals surface area contributed by atoms with Crippen LogP contribution < -0.4 is 16.0 Å². The molecule has 2 atom stereocenters. The van der Waals surface area contributed by atoms with E-state index in [0.29, 0.717) is 37.1 Å². The zero-order chi connectivity index (χ0) is 27.9. The zero-order valence-corrected chi connectivity index (χ0v) is 23.0. The largest absolute Gasteiger partial charge is 0.481 e. The van der Waals surface area contributed by atoms with Gasteiger partial charge in [-0.05, 0) is 60.1 Å². The topological polar surface area (TPSA) is 120 Å². The molecule has 9 heteroatoms. The van der Waals surface area contributed by atoms with E-state index in [1.165, 1.54) is 0 Å². The van der Waals surface area contributed by atoms with Crippen LogP contribution in [-0.4, -0.2) is 52.5 Å². The van der Waals surface area contributed by atoms with Gasteiger partial charge in [-0.1, -0.05) is 60.7 Å². The number of amides is 2. The summed E-state index contributed by atoms with van der Waals surface area (Å²) in [5, 5.41) is 18.4. The molecule has 0 spiro atoms. The van der Waals surface area contributed by atoms with E-state index in [4.69, 9.17) is 0 Å². The summed E-state index contributed by atoms with van der Waals surface area (Å²) in [4.78, 5) is 41.7. The molecule has 0 saturated carbocycles. The summed E-state index contributed by atoms with van der Waals surface area (Å²) in [5.41, 5.74) is 2.75. The van der Waals surface area contributed by atoms with E-state index in [0.717, 1.165) is 23.4 Å². The summed E-state index contributed by atoms with van der Waals surface area (Å²) >= 11 is 1.58. The Morgan fingerprint density at radius 1 is 0.897 bits per heavy atom. The molecule has 206 valence electrons. The molecular formula is C30H36N4O4S. The Balaban J connectivity index is 1.56. The van der Waals surface area contributed by atoms with Gasteiger partial charge in [0, 0.05) is 19.2 Å². The number of aromatic nitrogens is 1. The van der Waals surface area contributed by atoms with E-state index >= 15 is 0 Å². The number of carboxylic acid groups (broad SMARTS) is 1. The maximum atomic E-state index is 13.2. The summed E-state index contributed by atoms with van der Waals surface area (Å²) in [6, 6.07) is 21.6. The first kappa shape index (κ1) is 29.7. The van der Waals surface area contributed by atoms with Crippen LogP contribution in [0.15, 0.2) is 79.0 Å². The Morgan fingerprint density at radius 2 is 1.62 bits per heavy atom. The summed E-state index contributed by atoms with van der Waals surface area (Å²) in [6.07, 6.45) is 5.59. The SMILES string of the molecule is CSCC[C@H](NC(=O)CCCCNc1ccccn1)C(=O)NC(CC(=O)O)c1ccc(-c2ccccc2)cc1. The highest BCUT2D eigenvalue weighted by atomic mass is 32.2. The molecular weight excluding hydrogens is 512 g/mol. The molecule has 1 unspecified atom stereocenters. The first-order chi connectivity index (χ1) is 19.0. The number of thioether (sulfide) groups is 1. The van der Waals surface area contributed by atoms with E-state index < -0.39 is 18.1 Å². The van der Waals surface area contributed by atoms with Crippen molar-refractivity contribution in [2.24, 2.45) is 0 Å². The molecule has 0 bridgehead atoms. The molecule has 1 heterocycles. The van der Waals surface area contributed by atoms with Crippen LogP contribution in [0.1, 0.15) is 43.7 Å². The fourth-order valence-corrected chi connectivity index (χ4v) is 4.57. The van der Waals surface area contributed by atoms with Crippen LogP contribution in [0.5, 0.6) is 0 Å². The number of nitrogens with one attached hydrogen (secondary N) is 3. The monoisotopic (exact) mass is 548 g/mol. The van der Waals surface area contributed by atoms with Crippen molar-refractivity contribution in [3.63, 3.8) is 0 Å². The predicted octanol–water partition coefficient (Wildman–Crippen LogP) is 4.90. The van der Waals surface area contributed by atoms with Gasteiger partial charge in [-0.25, -0.2) is 4.98 Å². The number of carbonyl (C=O) groups is 3. The van der Waals surface area contributed by atoms with Gasteiger partial charge in [-0.15, -0.1) is 0 Å². The smallest absolute Gasteiger partial charge is 0.305 e. The molecule has 4 N–H and O–H groups in total. The van der Waals surface area contributed by atoms with Gasteiger partial charge in [0.1, 0.15) is 11.9 Å². The fraction of sp³-hybridized carbons (Fsp3) is 0.333. The Hall–Kier alpha value is -3.85. The minimum Gasteiger partial charge on any atom is -0.481 e. The van der Waals surface area contributed by atoms with Crippen molar-refractivity contribution in [2.75, 3.05) is 23.9 Å². The standard InChI is InChI=1S/C30H36N4O4S/c1-39-20-17-25(33-28(35)12-6-8-19-32-27-11-5-7-18-31-27)30(38)34-26(21-29(36)37)24-15-13-23(14-16-24)22-9-3-2-4-10-22/h2-5,7,9-11,13-16,18,25-26H,6,8,12,17,19-21H2,1H3,(H,31,32)(H,33,35)(H,34,38)(H,36,37)/t25-,26?/m0/s1. The number of benzene rings is 2. The first-order valence-electron chi connectivity index (χ1n) is 13.1. The van der Waals surface area contributed by atoms with Gasteiger partial charge in [-0.3, -0.25) is 14.4 Å². The number of carbonyl (C=O) groups excluding carboxylic acids is 2. The van der Waals surface area contributed by atoms with E-state index in [2.05, 4.69) is 20.9 Å². The third-order valence-corrected chi connectivity index (χ3v) is 6.82. The highest BCUT2D eigenvalue weighted by Gasteiger charge is 2.25. The van der Waals surface area contributed by atoms with E-state index in [1.54, 1.807) is 18.0 Å². The Labute approximate surface area is 234 Å². The molecule has 0 radical (unpaired) electrons. The van der Waals surface area contributed by atoms with Crippen LogP contribution >= 0.6 is 11.8 Å². The van der Waals surface area contributed by atoms with Gasteiger partial charge in [-0.2, -0.15) is 11.8 Å². The average molecular weight is 549 g/mol. The molecule has 0 aliphatic heterocycles. The van der Waals surface area contributed by atoms with Crippen molar-refractivity contribution in [3.05, 3.63) is 84.6 Å². The number of hydrogen-bond acceptors (Lipinski definition) is 6. The number of pyridine rings is 1. The second kappa shape index (κ2) is 16.2. The lowest BCUT2D eigenvalue weighted by molar-refractivity contribution is -0.138. The number of unbranched alkanes of at least 4 members (excludes halogenated alkanes) is 1. The van der Waals surface area contributed by atoms with Gasteiger partial charge in [0.2, 0.25) is 11.8 Å². The second-order valence-electron chi connectivity index (χ2n) is 9.15. The molecule has 1 aromatic heterocycles. The van der Waals surface area contributed by atoms with Crippen molar-refractivity contribution in [3.8, 4) is 11.1 Å². The van der Waals surface area contributed by atoms with Gasteiger partial charge < -0.3 is 21.1 Å². The quantitative estimate of drug-likeness (QED) is 0.188. The number of aliphatic carboxylic acids is 1. The maximum Gasteiger partial charge on any atom is 0.305 e. The maximum absolute atomic E-state index is 13.2. The number of hydrogen-bond donors (Lipinski definition) is 4. The van der Waals surface area contributed by atoms with E-state index in [-0.39, 0.29) is 18.2 Å². The molecule has 3 rings (SSSR count). The van der Waals surface area contributed by atoms with Crippen molar-refractivity contribution >= 4 is 35.4 Å². The third-order valence-electron chi connectivity index (χ3n) is 6.18. The summed E-state index contributed by atoms with van der Waals surface area (Å²) < 4.78 is 0. The lowest BCUT2D eigenvalue weighted by Gasteiger charge is -2.23. The van der Waals surface area contributed by atoms with Crippen molar-refractivity contribution in [1.82, 2.24) is 15.6 Å². The molecule has 3 aromatic rings. The normalized spacial score (nSPS) is 12.2. The highest BCUT2D eigenvalue weighted by molar-refractivity contribution is 7.98. The van der Waals surface area contributed by atoms with Crippen LogP contribution in [-0.2, 0) is 14.4 Å². The van der Waals surface area contributed by atoms with E-state index in [9.17, 15) is 19.5 Å². The molecule has 0 fully saturated rings. The number of nitrogens with zero attached hydrogens (tertiary/aromatic N) is 1. The lowest BCUT2D eigenvalue weighted by Crippen LogP contribution is -2.48. The molecule has 0 saturated heterocycles. The summed E-state index contributed by atoms with van der Waals surface area (Å²) in [7, 11) is 0. The molecule has 8 nitrogen and oxygen atoms in total. The molecule has 2 amide bonds. The van der Waals surface area contributed by atoms with Crippen molar-refractivity contribution in [2.45, 2.75) is 44.2 Å². The average Bonchev–Trinajstić information content (AvgIpc) is 2.95. The first-order valence-corrected chi connectivity index (χ1v) is 14.5. The second-order valence-corrected chi connectivity index (χ2v) is 10.1. The zero-order valence-electron chi connectivity index (χ0n) is 22.1. The predicted molar refractivity (Wildman–Crippen MR) is 157 cm³/mol. The highest BCUT2D eigenvalue weighted by Crippen LogP contribution is 2.24. The number of anilines is 1. The number of carboxylic acids is 1. The molecule has 39 heavy (non-hydrogen) atoms. The third kappa shape index (κ3) is 10.4. The van der Waals surface area contributed by atoms with Gasteiger partial charge >= 0.3 is 5.97 Å². The summed E-state index contributed by atoms with van der Waals surface area (Å²) in [6.45, 7) is 0.695. The van der Waals surface area contributed by atoms with Crippen molar-refractivity contribution < 1.29 is 19.5 Å². The van der Waals surface area contributed by atoms with Gasteiger partial charge in [0.25, 0.3) is 0 Å². The summed E-state index contributed by atoms with van der Waals surface area (Å²) in [5.74, 6) is -0.122. The van der Waals surface area contributed by atoms with Crippen LogP contribution in [0.25, 0.3) is 11.1 Å².